The number of rotatable bonds is 6. The molecule has 1 fully saturated rings. The smallest absolute Gasteiger partial charge is 0.191 e. The van der Waals surface area contributed by atoms with Gasteiger partial charge >= 0.3 is 0 Å². The summed E-state index contributed by atoms with van der Waals surface area (Å²) in [5.74, 6) is 1.62. The van der Waals surface area contributed by atoms with Gasteiger partial charge in [0, 0.05) is 24.4 Å². The molecule has 0 radical (unpaired) electrons. The molecule has 0 amide bonds. The van der Waals surface area contributed by atoms with Gasteiger partial charge in [0.15, 0.2) is 17.6 Å². The number of benzene rings is 1. The molecule has 0 aromatic heterocycles. The molecular weight excluding hydrogens is 447 g/mol. The first-order valence-electron chi connectivity index (χ1n) is 7.89. The molecule has 1 aromatic rings. The number of guanidine groups is 1. The highest BCUT2D eigenvalue weighted by molar-refractivity contribution is 14.0. The highest BCUT2D eigenvalue weighted by Gasteiger charge is 2.14. The largest absolute Gasteiger partial charge is 0.492 e. The number of hydrogen-bond donors (Lipinski definition) is 2. The molecule has 0 aliphatic carbocycles. The number of nitrogens with zero attached hydrogens (tertiary/aromatic N) is 1. The maximum absolute atomic E-state index is 13.1. The Labute approximate surface area is 163 Å². The van der Waals surface area contributed by atoms with Crippen LogP contribution in [0.5, 0.6) is 5.75 Å². The third-order valence-corrected chi connectivity index (χ3v) is 4.58. The van der Waals surface area contributed by atoms with Gasteiger partial charge in [-0.3, -0.25) is 0 Å². The van der Waals surface area contributed by atoms with Gasteiger partial charge < -0.3 is 15.4 Å². The third kappa shape index (κ3) is 7.42. The van der Waals surface area contributed by atoms with Gasteiger partial charge in [-0.15, -0.1) is 24.0 Å². The molecular formula is C16H24F2IN3OS. The fourth-order valence-corrected chi connectivity index (χ4v) is 3.33. The van der Waals surface area contributed by atoms with Crippen molar-refractivity contribution in [1.29, 1.82) is 0 Å². The van der Waals surface area contributed by atoms with Crippen molar-refractivity contribution < 1.29 is 13.5 Å². The van der Waals surface area contributed by atoms with Crippen LogP contribution in [0.25, 0.3) is 0 Å². The van der Waals surface area contributed by atoms with Gasteiger partial charge in [-0.2, -0.15) is 11.8 Å². The predicted molar refractivity (Wildman–Crippen MR) is 107 cm³/mol. The van der Waals surface area contributed by atoms with Gasteiger partial charge in [0.05, 0.1) is 6.54 Å². The maximum atomic E-state index is 13.1. The van der Waals surface area contributed by atoms with Crippen molar-refractivity contribution in [1.82, 2.24) is 10.6 Å². The fraction of sp³-hybridized carbons (Fsp3) is 0.562. The Morgan fingerprint density at radius 2 is 2.21 bits per heavy atom. The van der Waals surface area contributed by atoms with Crippen LogP contribution in [0, 0.1) is 11.6 Å². The number of hydrogen-bond acceptors (Lipinski definition) is 3. The van der Waals surface area contributed by atoms with E-state index in [-0.39, 0.29) is 24.0 Å². The summed E-state index contributed by atoms with van der Waals surface area (Å²) in [5, 5.41) is 6.63. The monoisotopic (exact) mass is 471 g/mol. The number of aliphatic imine (C=N–C) groups is 1. The highest BCUT2D eigenvalue weighted by Crippen LogP contribution is 2.17. The first-order valence-corrected chi connectivity index (χ1v) is 9.05. The van der Waals surface area contributed by atoms with Crippen LogP contribution in [-0.4, -0.2) is 43.2 Å². The molecule has 1 heterocycles. The maximum Gasteiger partial charge on any atom is 0.191 e. The van der Waals surface area contributed by atoms with Gasteiger partial charge in [0.25, 0.3) is 0 Å². The molecule has 2 rings (SSSR count). The van der Waals surface area contributed by atoms with E-state index in [4.69, 9.17) is 4.74 Å². The minimum atomic E-state index is -0.907. The van der Waals surface area contributed by atoms with Gasteiger partial charge in [0.1, 0.15) is 12.4 Å². The summed E-state index contributed by atoms with van der Waals surface area (Å²) in [4.78, 5) is 4.45. The van der Waals surface area contributed by atoms with Crippen LogP contribution in [0.3, 0.4) is 0 Å². The molecule has 1 saturated heterocycles. The lowest BCUT2D eigenvalue weighted by molar-refractivity contribution is 0.325. The van der Waals surface area contributed by atoms with Crippen molar-refractivity contribution in [2.24, 2.45) is 4.99 Å². The Bertz CT molecular complexity index is 528. The summed E-state index contributed by atoms with van der Waals surface area (Å²) in [6.45, 7) is 3.55. The topological polar surface area (TPSA) is 45.7 Å². The van der Waals surface area contributed by atoms with Crippen molar-refractivity contribution in [3.05, 3.63) is 29.8 Å². The highest BCUT2D eigenvalue weighted by atomic mass is 127. The molecule has 1 aromatic carbocycles. The van der Waals surface area contributed by atoms with E-state index in [2.05, 4.69) is 15.6 Å². The van der Waals surface area contributed by atoms with Gasteiger partial charge in [0.2, 0.25) is 0 Å². The van der Waals surface area contributed by atoms with Crippen LogP contribution in [0.2, 0.25) is 0 Å². The second-order valence-electron chi connectivity index (χ2n) is 5.24. The van der Waals surface area contributed by atoms with Crippen LogP contribution in [0.1, 0.15) is 19.8 Å². The normalized spacial score (nSPS) is 17.8. The second kappa shape index (κ2) is 11.7. The van der Waals surface area contributed by atoms with Gasteiger partial charge in [-0.1, -0.05) is 0 Å². The zero-order valence-corrected chi connectivity index (χ0v) is 16.8. The third-order valence-electron chi connectivity index (χ3n) is 3.37. The molecule has 0 bridgehead atoms. The standard InChI is InChI=1S/C16H23F2N3OS.HI/c1-2-19-16(21-12-4-3-9-23-11-12)20-7-8-22-13-5-6-14(17)15(18)10-13;/h5-6,10,12H,2-4,7-9,11H2,1H3,(H2,19,20,21);1H. The Morgan fingerprint density at radius 3 is 2.88 bits per heavy atom. The van der Waals surface area contributed by atoms with E-state index in [0.29, 0.717) is 24.9 Å². The van der Waals surface area contributed by atoms with Crippen molar-refractivity contribution in [3.63, 3.8) is 0 Å². The molecule has 1 aliphatic heterocycles. The second-order valence-corrected chi connectivity index (χ2v) is 6.39. The first-order chi connectivity index (χ1) is 11.2. The first kappa shape index (κ1) is 21.3. The lowest BCUT2D eigenvalue weighted by Gasteiger charge is -2.24. The summed E-state index contributed by atoms with van der Waals surface area (Å²) in [5.41, 5.74) is 0. The SMILES string of the molecule is CCNC(=NCCOc1ccc(F)c(F)c1)NC1CCCSC1.I. The van der Waals surface area contributed by atoms with Crippen molar-refractivity contribution >= 4 is 41.7 Å². The molecule has 1 unspecified atom stereocenters. The Balaban J connectivity index is 0.00000288. The van der Waals surface area contributed by atoms with E-state index in [1.165, 1.54) is 18.2 Å². The predicted octanol–water partition coefficient (Wildman–Crippen LogP) is 3.41. The van der Waals surface area contributed by atoms with E-state index >= 15 is 0 Å². The lowest BCUT2D eigenvalue weighted by Crippen LogP contribution is -2.45. The van der Waals surface area contributed by atoms with Crippen LogP contribution in [0.15, 0.2) is 23.2 Å². The van der Waals surface area contributed by atoms with Crippen LogP contribution in [-0.2, 0) is 0 Å². The summed E-state index contributed by atoms with van der Waals surface area (Å²) in [7, 11) is 0. The Morgan fingerprint density at radius 1 is 1.38 bits per heavy atom. The average molecular weight is 471 g/mol. The Kier molecular flexibility index (Phi) is 10.4. The summed E-state index contributed by atoms with van der Waals surface area (Å²) in [6.07, 6.45) is 2.38. The molecule has 8 heteroatoms. The molecule has 1 aliphatic rings. The average Bonchev–Trinajstić information content (AvgIpc) is 2.56. The Hall–Kier alpha value is -0.770. The minimum Gasteiger partial charge on any atom is -0.492 e. The molecule has 0 saturated carbocycles. The summed E-state index contributed by atoms with van der Waals surface area (Å²) >= 11 is 1.96. The van der Waals surface area contributed by atoms with Crippen molar-refractivity contribution in [3.8, 4) is 5.75 Å². The van der Waals surface area contributed by atoms with Gasteiger partial charge in [-0.25, -0.2) is 13.8 Å². The number of nitrogens with one attached hydrogen (secondary N) is 2. The van der Waals surface area contributed by atoms with E-state index in [1.807, 2.05) is 18.7 Å². The minimum absolute atomic E-state index is 0. The van der Waals surface area contributed by atoms with E-state index in [1.54, 1.807) is 0 Å². The summed E-state index contributed by atoms with van der Waals surface area (Å²) < 4.78 is 31.3. The van der Waals surface area contributed by atoms with E-state index < -0.39 is 11.6 Å². The van der Waals surface area contributed by atoms with Crippen molar-refractivity contribution in [2.45, 2.75) is 25.8 Å². The molecule has 24 heavy (non-hydrogen) atoms. The molecule has 0 spiro atoms. The summed E-state index contributed by atoms with van der Waals surface area (Å²) in [6, 6.07) is 3.95. The van der Waals surface area contributed by atoms with Crippen LogP contribution in [0.4, 0.5) is 8.78 Å². The fourth-order valence-electron chi connectivity index (χ4n) is 2.26. The van der Waals surface area contributed by atoms with E-state index in [0.717, 1.165) is 36.8 Å². The number of thioether (sulfide) groups is 1. The molecule has 2 N–H and O–H groups in total. The number of halogens is 3. The lowest BCUT2D eigenvalue weighted by atomic mass is 10.2. The zero-order valence-electron chi connectivity index (χ0n) is 13.7. The van der Waals surface area contributed by atoms with Gasteiger partial charge in [-0.05, 0) is 37.7 Å². The molecule has 4 nitrogen and oxygen atoms in total. The molecule has 136 valence electrons. The van der Waals surface area contributed by atoms with Crippen molar-refractivity contribution in [2.75, 3.05) is 31.2 Å². The quantitative estimate of drug-likeness (QED) is 0.289. The van der Waals surface area contributed by atoms with Crippen LogP contribution < -0.4 is 15.4 Å². The molecule has 1 atom stereocenters. The number of ether oxygens (including phenoxy) is 1. The van der Waals surface area contributed by atoms with Crippen LogP contribution >= 0.6 is 35.7 Å². The zero-order chi connectivity index (χ0) is 16.5. The van der Waals surface area contributed by atoms with E-state index in [9.17, 15) is 8.78 Å².